The smallest absolute Gasteiger partial charge is 0.319 e. The molecule has 0 saturated heterocycles. The number of rotatable bonds is 4. The number of primary amides is 1. The molecule has 1 aromatic carbocycles. The Morgan fingerprint density at radius 1 is 1.23 bits per heavy atom. The first-order valence-corrected chi connectivity index (χ1v) is 7.94. The summed E-state index contributed by atoms with van der Waals surface area (Å²) in [6.45, 7) is 3.85. The number of hydrogen-bond acceptors (Lipinski definition) is 4. The maximum absolute atomic E-state index is 11.8. The molecule has 2 rings (SSSR count). The van der Waals surface area contributed by atoms with Gasteiger partial charge in [-0.2, -0.15) is 5.26 Å². The number of nitriles is 1. The third-order valence-electron chi connectivity index (χ3n) is 4.00. The summed E-state index contributed by atoms with van der Waals surface area (Å²) < 4.78 is 2.03. The number of aryl methyl sites for hydroxylation is 1. The molecule has 134 valence electrons. The molecule has 26 heavy (non-hydrogen) atoms. The molecule has 0 radical (unpaired) electrons. The second-order valence-corrected chi connectivity index (χ2v) is 6.06. The molecule has 0 spiro atoms. The average Bonchev–Trinajstić information content (AvgIpc) is 2.85. The van der Waals surface area contributed by atoms with Crippen LogP contribution in [0.3, 0.4) is 0 Å². The van der Waals surface area contributed by atoms with Gasteiger partial charge in [0.15, 0.2) is 0 Å². The van der Waals surface area contributed by atoms with Gasteiger partial charge in [-0.05, 0) is 55.8 Å². The van der Waals surface area contributed by atoms with E-state index in [0.29, 0.717) is 0 Å². The standard InChI is InChI=1S/C19H21N5O2/c1-12-9-14(10-15(11-20)18(25)22-19(21)26)13(2)24(12)17-7-5-16(6-8-17)23(3)4/h5-10H,1-4H3,(H3,21,22,25,26)/b15-10-. The molecule has 3 amide bonds. The summed E-state index contributed by atoms with van der Waals surface area (Å²) in [6, 6.07) is 10.7. The second kappa shape index (κ2) is 7.57. The third-order valence-corrected chi connectivity index (χ3v) is 4.00. The maximum Gasteiger partial charge on any atom is 0.319 e. The molecule has 2 aromatic rings. The minimum absolute atomic E-state index is 0.188. The molecule has 3 N–H and O–H groups in total. The van der Waals surface area contributed by atoms with Crippen LogP contribution < -0.4 is 16.0 Å². The van der Waals surface area contributed by atoms with Crippen LogP contribution in [0.5, 0.6) is 0 Å². The molecule has 7 heteroatoms. The van der Waals surface area contributed by atoms with Crippen molar-refractivity contribution in [3.05, 3.63) is 52.9 Å². The minimum atomic E-state index is -0.998. The Kier molecular flexibility index (Phi) is 5.48. The van der Waals surface area contributed by atoms with Crippen LogP contribution in [0.1, 0.15) is 17.0 Å². The lowest BCUT2D eigenvalue weighted by Crippen LogP contribution is -2.35. The van der Waals surface area contributed by atoms with E-state index in [1.807, 2.05) is 73.1 Å². The van der Waals surface area contributed by atoms with E-state index in [4.69, 9.17) is 5.73 Å². The van der Waals surface area contributed by atoms with Crippen LogP contribution in [-0.2, 0) is 4.79 Å². The Morgan fingerprint density at radius 2 is 1.85 bits per heavy atom. The van der Waals surface area contributed by atoms with Crippen LogP contribution in [0.2, 0.25) is 0 Å². The first-order chi connectivity index (χ1) is 12.2. The van der Waals surface area contributed by atoms with E-state index in [-0.39, 0.29) is 5.57 Å². The second-order valence-electron chi connectivity index (χ2n) is 6.06. The average molecular weight is 351 g/mol. The molecule has 0 atom stereocenters. The molecular weight excluding hydrogens is 330 g/mol. The van der Waals surface area contributed by atoms with Crippen molar-refractivity contribution in [1.29, 1.82) is 5.26 Å². The summed E-state index contributed by atoms with van der Waals surface area (Å²) in [5.74, 6) is -0.819. The maximum atomic E-state index is 11.8. The van der Waals surface area contributed by atoms with Gasteiger partial charge in [-0.15, -0.1) is 0 Å². The van der Waals surface area contributed by atoms with Gasteiger partial charge in [-0.25, -0.2) is 4.79 Å². The van der Waals surface area contributed by atoms with Crippen molar-refractivity contribution in [1.82, 2.24) is 9.88 Å². The van der Waals surface area contributed by atoms with Crippen molar-refractivity contribution in [2.24, 2.45) is 5.73 Å². The molecule has 1 heterocycles. The molecule has 0 aliphatic carbocycles. The van der Waals surface area contributed by atoms with Gasteiger partial charge in [0, 0.05) is 36.9 Å². The highest BCUT2D eigenvalue weighted by atomic mass is 16.2. The molecule has 0 fully saturated rings. The van der Waals surface area contributed by atoms with E-state index in [0.717, 1.165) is 28.3 Å². The van der Waals surface area contributed by atoms with Gasteiger partial charge in [0.1, 0.15) is 11.6 Å². The number of carbonyl (C=O) groups excluding carboxylic acids is 2. The van der Waals surface area contributed by atoms with Crippen LogP contribution in [0.25, 0.3) is 11.8 Å². The van der Waals surface area contributed by atoms with E-state index in [9.17, 15) is 14.9 Å². The molecule has 0 saturated carbocycles. The molecule has 0 bridgehead atoms. The summed E-state index contributed by atoms with van der Waals surface area (Å²) in [7, 11) is 3.95. The predicted molar refractivity (Wildman–Crippen MR) is 101 cm³/mol. The Labute approximate surface area is 152 Å². The normalized spacial score (nSPS) is 11.0. The first-order valence-electron chi connectivity index (χ1n) is 7.94. The van der Waals surface area contributed by atoms with Gasteiger partial charge in [-0.3, -0.25) is 10.1 Å². The zero-order valence-corrected chi connectivity index (χ0v) is 15.2. The third kappa shape index (κ3) is 3.92. The van der Waals surface area contributed by atoms with E-state index < -0.39 is 11.9 Å². The van der Waals surface area contributed by atoms with Gasteiger partial charge >= 0.3 is 6.03 Å². The summed E-state index contributed by atoms with van der Waals surface area (Å²) in [4.78, 5) is 24.7. The summed E-state index contributed by atoms with van der Waals surface area (Å²) >= 11 is 0. The number of benzene rings is 1. The van der Waals surface area contributed by atoms with Crippen LogP contribution in [0.15, 0.2) is 35.9 Å². The highest BCUT2D eigenvalue weighted by Gasteiger charge is 2.14. The summed E-state index contributed by atoms with van der Waals surface area (Å²) in [6.07, 6.45) is 1.45. The highest BCUT2D eigenvalue weighted by molar-refractivity contribution is 6.08. The topological polar surface area (TPSA) is 104 Å². The number of nitrogens with zero attached hydrogens (tertiary/aromatic N) is 3. The molecule has 1 aromatic heterocycles. The largest absolute Gasteiger partial charge is 0.378 e. The number of imide groups is 1. The molecule has 7 nitrogen and oxygen atoms in total. The van der Waals surface area contributed by atoms with Crippen molar-refractivity contribution in [2.75, 3.05) is 19.0 Å². The zero-order chi connectivity index (χ0) is 19.4. The van der Waals surface area contributed by atoms with Crippen molar-refractivity contribution in [3.63, 3.8) is 0 Å². The number of hydrogen-bond donors (Lipinski definition) is 2. The fourth-order valence-electron chi connectivity index (χ4n) is 2.71. The number of aromatic nitrogens is 1. The lowest BCUT2D eigenvalue weighted by atomic mass is 10.1. The Hall–Kier alpha value is -3.53. The lowest BCUT2D eigenvalue weighted by Gasteiger charge is -2.14. The summed E-state index contributed by atoms with van der Waals surface area (Å²) in [5.41, 5.74) is 9.36. The van der Waals surface area contributed by atoms with E-state index in [1.54, 1.807) is 6.07 Å². The van der Waals surface area contributed by atoms with Crippen LogP contribution in [0.4, 0.5) is 10.5 Å². The number of anilines is 1. The highest BCUT2D eigenvalue weighted by Crippen LogP contribution is 2.24. The summed E-state index contributed by atoms with van der Waals surface area (Å²) in [5, 5.41) is 11.1. The van der Waals surface area contributed by atoms with Gasteiger partial charge in [0.05, 0.1) is 0 Å². The number of carbonyl (C=O) groups is 2. The van der Waals surface area contributed by atoms with Gasteiger partial charge in [0.25, 0.3) is 5.91 Å². The van der Waals surface area contributed by atoms with E-state index >= 15 is 0 Å². The van der Waals surface area contributed by atoms with Gasteiger partial charge < -0.3 is 15.2 Å². The number of urea groups is 1. The number of amides is 3. The SMILES string of the molecule is Cc1cc(/C=C(/C#N)C(=O)NC(N)=O)c(C)n1-c1ccc(N(C)C)cc1. The Balaban J connectivity index is 2.44. The van der Waals surface area contributed by atoms with E-state index in [2.05, 4.69) is 0 Å². The van der Waals surface area contributed by atoms with Crippen LogP contribution in [0, 0.1) is 25.2 Å². The number of nitrogens with two attached hydrogens (primary N) is 1. The quantitative estimate of drug-likeness (QED) is 0.651. The van der Waals surface area contributed by atoms with Gasteiger partial charge in [-0.1, -0.05) is 0 Å². The van der Waals surface area contributed by atoms with Crippen molar-refractivity contribution in [3.8, 4) is 11.8 Å². The minimum Gasteiger partial charge on any atom is -0.378 e. The fraction of sp³-hybridized carbons (Fsp3) is 0.211. The fourth-order valence-corrected chi connectivity index (χ4v) is 2.71. The Bertz CT molecular complexity index is 915. The van der Waals surface area contributed by atoms with E-state index in [1.165, 1.54) is 6.08 Å². The van der Waals surface area contributed by atoms with Crippen LogP contribution >= 0.6 is 0 Å². The van der Waals surface area contributed by atoms with Crippen LogP contribution in [-0.4, -0.2) is 30.6 Å². The molecule has 0 aliphatic rings. The monoisotopic (exact) mass is 351 g/mol. The predicted octanol–water partition coefficient (Wildman–Crippen LogP) is 2.26. The van der Waals surface area contributed by atoms with Crippen molar-refractivity contribution in [2.45, 2.75) is 13.8 Å². The first kappa shape index (κ1) is 18.8. The molecular formula is C19H21N5O2. The Morgan fingerprint density at radius 3 is 2.35 bits per heavy atom. The lowest BCUT2D eigenvalue weighted by molar-refractivity contribution is -0.115. The van der Waals surface area contributed by atoms with Crippen molar-refractivity contribution >= 4 is 23.7 Å². The van der Waals surface area contributed by atoms with Crippen molar-refractivity contribution < 1.29 is 9.59 Å². The number of nitrogens with one attached hydrogen (secondary N) is 1. The molecule has 0 aliphatic heterocycles. The molecule has 0 unspecified atom stereocenters. The zero-order valence-electron chi connectivity index (χ0n) is 15.2. The van der Waals surface area contributed by atoms with Gasteiger partial charge in [0.2, 0.25) is 0 Å².